The van der Waals surface area contributed by atoms with E-state index in [0.29, 0.717) is 5.57 Å². The molecule has 0 aromatic heterocycles. The fraction of sp³-hybridized carbons (Fsp3) is 0.692. The summed E-state index contributed by atoms with van der Waals surface area (Å²) in [7, 11) is 1.31. The Labute approximate surface area is 121 Å². The molecule has 0 spiro atoms. The molecule has 1 aliphatic rings. The van der Waals surface area contributed by atoms with E-state index in [2.05, 4.69) is 20.7 Å². The zero-order valence-electron chi connectivity index (χ0n) is 10.8. The van der Waals surface area contributed by atoms with Gasteiger partial charge in [-0.3, -0.25) is 4.79 Å². The minimum atomic E-state index is -0.481. The molecule has 0 heterocycles. The number of rotatable bonds is 3. The van der Waals surface area contributed by atoms with E-state index < -0.39 is 5.97 Å². The highest BCUT2D eigenvalue weighted by Crippen LogP contribution is 2.43. The molecule has 1 saturated carbocycles. The van der Waals surface area contributed by atoms with Crippen LogP contribution in [0, 0.1) is 5.92 Å². The quantitative estimate of drug-likeness (QED) is 0.451. The molecule has 0 saturated heterocycles. The molecule has 0 amide bonds. The zero-order chi connectivity index (χ0) is 13.9. The summed E-state index contributed by atoms with van der Waals surface area (Å²) in [5, 5.41) is 0. The van der Waals surface area contributed by atoms with Crippen molar-refractivity contribution in [2.24, 2.45) is 5.92 Å². The first-order chi connectivity index (χ1) is 8.27. The number of allylic oxidation sites excluding steroid dienone is 1. The highest BCUT2D eigenvalue weighted by Gasteiger charge is 2.38. The van der Waals surface area contributed by atoms with Gasteiger partial charge in [0.2, 0.25) is 0 Å². The van der Waals surface area contributed by atoms with Crippen molar-refractivity contribution in [1.82, 2.24) is 0 Å². The zero-order valence-corrected chi connectivity index (χ0v) is 13.2. The molecule has 1 rings (SSSR count). The number of alkyl halides is 2. The van der Waals surface area contributed by atoms with E-state index in [1.165, 1.54) is 20.1 Å². The van der Waals surface area contributed by atoms with Crippen LogP contribution >= 0.6 is 27.5 Å². The first kappa shape index (κ1) is 15.7. The lowest BCUT2D eigenvalue weighted by Crippen LogP contribution is -2.37. The summed E-state index contributed by atoms with van der Waals surface area (Å²) in [6, 6.07) is 0. The minimum absolute atomic E-state index is 0.0674. The molecule has 3 atom stereocenters. The standard InChI is InChI=1S/C13H18BrClO3/c1-8(16)10(7-12(17)18-3)9-4-5-13(2,15)11(14)6-9/h7,9,11H,4-6H2,1-3H3. The summed E-state index contributed by atoms with van der Waals surface area (Å²) in [4.78, 5) is 22.8. The number of ether oxygens (including phenoxy) is 1. The Morgan fingerprint density at radius 3 is 2.56 bits per heavy atom. The summed E-state index contributed by atoms with van der Waals surface area (Å²) >= 11 is 9.93. The second kappa shape index (κ2) is 6.20. The fourth-order valence-corrected chi connectivity index (χ4v) is 3.08. The van der Waals surface area contributed by atoms with E-state index in [-0.39, 0.29) is 21.4 Å². The third kappa shape index (κ3) is 3.82. The second-order valence-electron chi connectivity index (χ2n) is 4.90. The molecule has 18 heavy (non-hydrogen) atoms. The van der Waals surface area contributed by atoms with Crippen LogP contribution in [0.4, 0.5) is 0 Å². The van der Waals surface area contributed by atoms with E-state index in [1.807, 2.05) is 6.92 Å². The molecule has 1 aliphatic carbocycles. The van der Waals surface area contributed by atoms with Gasteiger partial charge < -0.3 is 4.74 Å². The smallest absolute Gasteiger partial charge is 0.330 e. The maximum atomic E-state index is 11.6. The Balaban J connectivity index is 2.87. The Kier molecular flexibility index (Phi) is 5.41. The Bertz CT molecular complexity index is 376. The monoisotopic (exact) mass is 336 g/mol. The normalized spacial score (nSPS) is 33.1. The average Bonchev–Trinajstić information content (AvgIpc) is 2.29. The van der Waals surface area contributed by atoms with Crippen molar-refractivity contribution in [3.8, 4) is 0 Å². The van der Waals surface area contributed by atoms with Gasteiger partial charge in [0.1, 0.15) is 0 Å². The number of Topliss-reactive ketones (excluding diaryl/α,β-unsaturated/α-hetero) is 1. The SMILES string of the molecule is COC(=O)C=C(C(C)=O)C1CCC(C)(Cl)C(Br)C1. The number of hydrogen-bond acceptors (Lipinski definition) is 3. The topological polar surface area (TPSA) is 43.4 Å². The van der Waals surface area contributed by atoms with Crippen LogP contribution in [-0.4, -0.2) is 28.6 Å². The predicted molar refractivity (Wildman–Crippen MR) is 75.1 cm³/mol. The van der Waals surface area contributed by atoms with Crippen molar-refractivity contribution in [3.05, 3.63) is 11.6 Å². The summed E-state index contributed by atoms with van der Waals surface area (Å²) in [5.74, 6) is -0.494. The summed E-state index contributed by atoms with van der Waals surface area (Å²) < 4.78 is 4.58. The van der Waals surface area contributed by atoms with E-state index in [9.17, 15) is 9.59 Å². The van der Waals surface area contributed by atoms with Gasteiger partial charge in [0, 0.05) is 16.5 Å². The first-order valence-electron chi connectivity index (χ1n) is 5.91. The van der Waals surface area contributed by atoms with Gasteiger partial charge in [-0.1, -0.05) is 15.9 Å². The summed E-state index contributed by atoms with van der Waals surface area (Å²) in [6.07, 6.45) is 3.68. The Morgan fingerprint density at radius 1 is 1.50 bits per heavy atom. The maximum Gasteiger partial charge on any atom is 0.330 e. The Hall–Kier alpha value is -0.350. The van der Waals surface area contributed by atoms with Crippen molar-refractivity contribution >= 4 is 39.3 Å². The largest absolute Gasteiger partial charge is 0.466 e. The molecule has 102 valence electrons. The van der Waals surface area contributed by atoms with Crippen LogP contribution in [0.1, 0.15) is 33.1 Å². The molecule has 0 N–H and O–H groups in total. The van der Waals surface area contributed by atoms with E-state index >= 15 is 0 Å². The molecule has 3 unspecified atom stereocenters. The van der Waals surface area contributed by atoms with E-state index in [1.54, 1.807) is 0 Å². The average molecular weight is 338 g/mol. The summed E-state index contributed by atoms with van der Waals surface area (Å²) in [6.45, 7) is 3.47. The molecule has 0 aromatic carbocycles. The Morgan fingerprint density at radius 2 is 2.11 bits per heavy atom. The van der Waals surface area contributed by atoms with Crippen LogP contribution in [0.25, 0.3) is 0 Å². The molecule has 5 heteroatoms. The van der Waals surface area contributed by atoms with Gasteiger partial charge >= 0.3 is 5.97 Å². The van der Waals surface area contributed by atoms with Gasteiger partial charge in [-0.15, -0.1) is 11.6 Å². The molecule has 3 nitrogen and oxygen atoms in total. The second-order valence-corrected chi connectivity index (χ2v) is 6.86. The molecule has 0 bridgehead atoms. The van der Waals surface area contributed by atoms with Gasteiger partial charge in [0.15, 0.2) is 5.78 Å². The van der Waals surface area contributed by atoms with Crippen molar-refractivity contribution in [2.75, 3.05) is 7.11 Å². The molecular weight excluding hydrogens is 319 g/mol. The molecule has 0 radical (unpaired) electrons. The van der Waals surface area contributed by atoms with Crippen LogP contribution in [-0.2, 0) is 14.3 Å². The first-order valence-corrected chi connectivity index (χ1v) is 7.20. The van der Waals surface area contributed by atoms with Gasteiger partial charge in [-0.25, -0.2) is 4.79 Å². The lowest BCUT2D eigenvalue weighted by atomic mass is 9.77. The van der Waals surface area contributed by atoms with Gasteiger partial charge in [-0.05, 0) is 39.0 Å². The van der Waals surface area contributed by atoms with Crippen LogP contribution in [0.5, 0.6) is 0 Å². The number of halogens is 2. The van der Waals surface area contributed by atoms with Crippen molar-refractivity contribution in [3.63, 3.8) is 0 Å². The van der Waals surface area contributed by atoms with Crippen LogP contribution < -0.4 is 0 Å². The number of carbonyl (C=O) groups excluding carboxylic acids is 2. The summed E-state index contributed by atoms with van der Waals surface area (Å²) in [5.41, 5.74) is 0.540. The number of ketones is 1. The van der Waals surface area contributed by atoms with Crippen LogP contribution in [0.2, 0.25) is 0 Å². The van der Waals surface area contributed by atoms with Gasteiger partial charge in [0.05, 0.1) is 12.0 Å². The van der Waals surface area contributed by atoms with Gasteiger partial charge in [0.25, 0.3) is 0 Å². The molecule has 1 fully saturated rings. The van der Waals surface area contributed by atoms with Crippen molar-refractivity contribution in [2.45, 2.75) is 42.8 Å². The van der Waals surface area contributed by atoms with Crippen molar-refractivity contribution in [1.29, 1.82) is 0 Å². The number of methoxy groups -OCH3 is 1. The number of hydrogen-bond donors (Lipinski definition) is 0. The third-order valence-corrected chi connectivity index (χ3v) is 5.55. The molecule has 0 aromatic rings. The third-order valence-electron chi connectivity index (χ3n) is 3.45. The van der Waals surface area contributed by atoms with E-state index in [4.69, 9.17) is 11.6 Å². The lowest BCUT2D eigenvalue weighted by Gasteiger charge is -2.37. The van der Waals surface area contributed by atoms with E-state index in [0.717, 1.165) is 19.3 Å². The number of esters is 1. The van der Waals surface area contributed by atoms with Crippen LogP contribution in [0.3, 0.4) is 0 Å². The maximum absolute atomic E-state index is 11.6. The molecular formula is C13H18BrClO3. The molecule has 0 aliphatic heterocycles. The van der Waals surface area contributed by atoms with Crippen molar-refractivity contribution < 1.29 is 14.3 Å². The number of carbonyl (C=O) groups is 2. The van der Waals surface area contributed by atoms with Gasteiger partial charge in [-0.2, -0.15) is 0 Å². The highest BCUT2D eigenvalue weighted by molar-refractivity contribution is 9.09. The lowest BCUT2D eigenvalue weighted by molar-refractivity contribution is -0.135. The highest BCUT2D eigenvalue weighted by atomic mass is 79.9. The predicted octanol–water partition coefficient (Wildman–Crippen LogP) is 3.24. The minimum Gasteiger partial charge on any atom is -0.466 e. The fourth-order valence-electron chi connectivity index (χ4n) is 2.20. The van der Waals surface area contributed by atoms with Crippen LogP contribution in [0.15, 0.2) is 11.6 Å².